The molecule has 1 N–H and O–H groups in total. The molecule has 0 spiro atoms. The molecule has 8 rings (SSSR count). The summed E-state index contributed by atoms with van der Waals surface area (Å²) >= 11 is 0. The summed E-state index contributed by atoms with van der Waals surface area (Å²) in [5.74, 6) is -33.6. The van der Waals surface area contributed by atoms with Crippen molar-refractivity contribution in [1.29, 1.82) is 0 Å². The van der Waals surface area contributed by atoms with Crippen LogP contribution in [0, 0.1) is 75.4 Å². The van der Waals surface area contributed by atoms with E-state index in [9.17, 15) is 158 Å². The van der Waals surface area contributed by atoms with Crippen LogP contribution in [0.4, 0.5) is 79.0 Å². The third-order valence-corrected chi connectivity index (χ3v) is 14.8. The topological polar surface area (TPSA) is 350 Å². The molecular weight excluding hydrogens is 1310 g/mol. The smallest absolute Gasteiger partial charge is 0.422 e. The van der Waals surface area contributed by atoms with Gasteiger partial charge in [0, 0.05) is 30.7 Å². The second-order valence-electron chi connectivity index (χ2n) is 23.3. The van der Waals surface area contributed by atoms with Crippen LogP contribution in [-0.4, -0.2) is 102 Å². The number of aliphatic hydroxyl groups is 1. The number of ether oxygens (including phenoxy) is 1. The van der Waals surface area contributed by atoms with E-state index in [2.05, 4.69) is 25.5 Å². The van der Waals surface area contributed by atoms with Crippen LogP contribution in [0.15, 0.2) is 36.4 Å². The fourth-order valence-corrected chi connectivity index (χ4v) is 9.71. The van der Waals surface area contributed by atoms with Crippen LogP contribution < -0.4 is 40.9 Å². The molecule has 2 aromatic rings. The number of fused-ring (bicyclic) bond motifs is 2. The number of rotatable bonds is 13. The molecule has 36 heteroatoms. The van der Waals surface area contributed by atoms with Gasteiger partial charge in [-0.2, -0.15) is 39.5 Å². The van der Waals surface area contributed by atoms with Gasteiger partial charge in [0.2, 0.25) is 5.82 Å². The minimum absolute atomic E-state index is 0.0600. The lowest BCUT2D eigenvalue weighted by atomic mass is 9.49. The van der Waals surface area contributed by atoms with E-state index in [-0.39, 0.29) is 36.7 Å². The van der Waals surface area contributed by atoms with Gasteiger partial charge in [-0.25, -0.2) is 39.5 Å². The van der Waals surface area contributed by atoms with Crippen molar-refractivity contribution in [3.8, 4) is 0 Å². The number of carbonyl (C=O) groups is 8. The zero-order chi connectivity index (χ0) is 73.5. The summed E-state index contributed by atoms with van der Waals surface area (Å²) < 4.78 is 220. The Hall–Kier alpha value is -7.40. The number of halogens is 18. The van der Waals surface area contributed by atoms with Crippen LogP contribution in [0.25, 0.3) is 0 Å². The van der Waals surface area contributed by atoms with E-state index in [0.717, 1.165) is 31.7 Å². The first-order chi connectivity index (χ1) is 41.7. The van der Waals surface area contributed by atoms with Crippen molar-refractivity contribution < 1.29 is 168 Å². The Morgan fingerprint density at radius 3 is 1.20 bits per heavy atom. The number of carboxylic acid groups (broad SMARTS) is 8. The highest BCUT2D eigenvalue weighted by Crippen LogP contribution is 2.61. The van der Waals surface area contributed by atoms with E-state index in [1.54, 1.807) is 18.2 Å². The highest BCUT2D eigenvalue weighted by Gasteiger charge is 2.65. The van der Waals surface area contributed by atoms with Crippen molar-refractivity contribution >= 4 is 47.8 Å². The summed E-state index contributed by atoms with van der Waals surface area (Å²) in [5.41, 5.74) is -7.34. The average molecular weight is 1380 g/mol. The molecule has 5 saturated carbocycles. The molecule has 6 aliphatic rings. The maximum Gasteiger partial charge on any atom is 0.422 e. The number of aromatic carboxylic acids is 2. The van der Waals surface area contributed by atoms with Crippen LogP contribution >= 0.6 is 0 Å². The fourth-order valence-electron chi connectivity index (χ4n) is 9.71. The van der Waals surface area contributed by atoms with Gasteiger partial charge in [-0.05, 0) is 118 Å². The van der Waals surface area contributed by atoms with Crippen molar-refractivity contribution in [1.82, 2.24) is 0 Å². The lowest BCUT2D eigenvalue weighted by Gasteiger charge is -2.57. The van der Waals surface area contributed by atoms with Crippen LogP contribution in [-0.2, 0) is 38.9 Å². The number of aliphatic carboxylic acids is 6. The third kappa shape index (κ3) is 25.1. The Kier molecular flexibility index (Phi) is 30.5. The number of hydrogen-bond donors (Lipinski definition) is 1. The van der Waals surface area contributed by atoms with Gasteiger partial charge in [-0.15, -0.1) is 0 Å². The fraction of sp³-hybridized carbons (Fsp3) is 0.614. The summed E-state index contributed by atoms with van der Waals surface area (Å²) in [7, 11) is 0. The molecule has 0 heterocycles. The van der Waals surface area contributed by atoms with Gasteiger partial charge in [-0.1, -0.05) is 64.1 Å². The number of benzene rings is 2. The quantitative estimate of drug-likeness (QED) is 0.130. The molecule has 6 atom stereocenters. The zero-order valence-electron chi connectivity index (χ0n) is 50.0. The highest BCUT2D eigenvalue weighted by molar-refractivity contribution is 5.86. The van der Waals surface area contributed by atoms with Gasteiger partial charge in [0.1, 0.15) is 12.0 Å². The first-order valence-electron chi connectivity index (χ1n) is 27.0. The molecule has 0 aliphatic heterocycles. The Balaban J connectivity index is 0.00000105. The molecule has 6 unspecified atom stereocenters. The highest BCUT2D eigenvalue weighted by atomic mass is 19.4. The van der Waals surface area contributed by atoms with Gasteiger partial charge in [-0.3, -0.25) is 0 Å². The Bertz CT molecular complexity index is 2880. The summed E-state index contributed by atoms with van der Waals surface area (Å²) in [5, 5.41) is 89.1. The van der Waals surface area contributed by atoms with Crippen LogP contribution in [0.3, 0.4) is 0 Å². The van der Waals surface area contributed by atoms with Crippen LogP contribution in [0.2, 0.25) is 0 Å². The van der Waals surface area contributed by atoms with Crippen LogP contribution in [0.5, 0.6) is 0 Å². The standard InChI is InChI=1S/C11H16O2.C11H14O2.C9H9F3O2.C7HF5O2.C6H10F2O3.C5H8F2O2.C4H5F3O3.C4H5F3O2/c12-10(13)11-4-7-1-8(5-11)3-9(2-7)6-11;1-11(2,3)9-6-4-8(5-7-9)10(12)13;10-9(11,12)8(7(13)14)4-5-1-2-6(8)3-5;8-2-1(7(13)14)3(9)5(11)6(12)4(2)10;1-4(5(9)10)11-3-6(2,7)8;1-2-5(6,7)3-4(8)9;1-3(10,2(8)9)4(5,6)7;1-2(3(8)9)4(5,6)7/h7-9H,1-6H2,(H,12,13);4-7H,1-3H3,(H,12,13);1-2,5-6H,3-4H2,(H,13,14);(H,13,14);4H,3H2,1-2H3,(H,9,10);2-3H2,1H3,(H,8,9);10H,1H3,(H,8,9);2H,1H3,(H,8,9)/p-8. The van der Waals surface area contributed by atoms with Gasteiger partial charge in [0.25, 0.3) is 11.8 Å². The van der Waals surface area contributed by atoms with E-state index in [4.69, 9.17) is 5.11 Å². The summed E-state index contributed by atoms with van der Waals surface area (Å²) in [6.45, 7) is 9.02. The van der Waals surface area contributed by atoms with Gasteiger partial charge in [0.05, 0.1) is 59.8 Å². The van der Waals surface area contributed by atoms with E-state index in [1.165, 1.54) is 32.3 Å². The zero-order valence-corrected chi connectivity index (χ0v) is 50.0. The molecule has 0 radical (unpaired) electrons. The van der Waals surface area contributed by atoms with Crippen molar-refractivity contribution in [2.24, 2.45) is 46.3 Å². The molecule has 0 saturated heterocycles. The predicted molar refractivity (Wildman–Crippen MR) is 262 cm³/mol. The van der Waals surface area contributed by atoms with E-state index in [0.29, 0.717) is 31.6 Å². The van der Waals surface area contributed by atoms with E-state index < -0.39 is 167 Å². The lowest BCUT2D eigenvalue weighted by molar-refractivity contribution is -0.351. The Morgan fingerprint density at radius 2 is 1.00 bits per heavy atom. The SMILES string of the molecule is CC(C(=O)[O-])C(F)(F)F.CC(C)(C)c1ccc(C(=O)[O-])cc1.CC(O)(C(=O)[O-])C(F)(F)F.CC(OCC(C)(F)F)C(=O)[O-].CCC(F)(F)CC(=O)[O-].O=C([O-])C1(C(F)(F)F)CC2C=CC1C2.O=C([O-])C12CC3CC(CC(C3)C1)C2.O=C([O-])c1c(F)c(F)c(F)c(F)c1F. The molecule has 0 amide bonds. The minimum Gasteiger partial charge on any atom is -0.550 e. The Labute approximate surface area is 517 Å². The summed E-state index contributed by atoms with van der Waals surface area (Å²) in [6, 6.07) is 6.81. The average Bonchev–Trinajstić information content (AvgIpc) is 1.68. The minimum atomic E-state index is -5.19. The summed E-state index contributed by atoms with van der Waals surface area (Å²) in [4.78, 5) is 80.9. The molecule has 6 aliphatic carbocycles. The molecular formula is C57H60F18O18-8. The van der Waals surface area contributed by atoms with E-state index >= 15 is 0 Å². The van der Waals surface area contributed by atoms with Crippen LogP contribution in [0.1, 0.15) is 146 Å². The van der Waals surface area contributed by atoms with E-state index in [1.807, 2.05) is 12.1 Å². The van der Waals surface area contributed by atoms with Crippen molar-refractivity contribution in [3.05, 3.63) is 82.2 Å². The van der Waals surface area contributed by atoms with Gasteiger partial charge < -0.3 is 89.1 Å². The molecule has 93 heavy (non-hydrogen) atoms. The maximum atomic E-state index is 12.7. The second kappa shape index (κ2) is 33.1. The van der Waals surface area contributed by atoms with Crippen molar-refractivity contribution in [2.75, 3.05) is 6.61 Å². The second-order valence-corrected chi connectivity index (χ2v) is 23.3. The molecule has 2 aromatic carbocycles. The first-order valence-corrected chi connectivity index (χ1v) is 27.0. The molecule has 0 aromatic heterocycles. The molecule has 530 valence electrons. The largest absolute Gasteiger partial charge is 0.550 e. The molecule has 5 fully saturated rings. The van der Waals surface area contributed by atoms with Crippen molar-refractivity contribution in [3.63, 3.8) is 0 Å². The van der Waals surface area contributed by atoms with Crippen molar-refractivity contribution in [2.45, 2.75) is 167 Å². The van der Waals surface area contributed by atoms with Gasteiger partial charge >= 0.3 is 18.5 Å². The lowest BCUT2D eigenvalue weighted by Crippen LogP contribution is -2.56. The number of carboxylic acids is 8. The Morgan fingerprint density at radius 1 is 0.581 bits per heavy atom. The maximum absolute atomic E-state index is 12.7. The number of hydrogen-bond acceptors (Lipinski definition) is 18. The first kappa shape index (κ1) is 85.6. The number of allylic oxidation sites excluding steroid dienone is 2. The summed E-state index contributed by atoms with van der Waals surface area (Å²) in [6.07, 6.45) is -7.91. The predicted octanol–water partition coefficient (Wildman–Crippen LogP) is 2.88. The monoisotopic (exact) mass is 1370 g/mol. The molecule has 18 nitrogen and oxygen atoms in total. The third-order valence-electron chi connectivity index (χ3n) is 14.8. The molecule has 6 bridgehead atoms. The van der Waals surface area contributed by atoms with Gasteiger partial charge in [0.15, 0.2) is 28.9 Å². The normalized spacial score (nSPS) is 22.8. The number of alkyl halides is 13. The number of carbonyl (C=O) groups excluding carboxylic acids is 8.